The lowest BCUT2D eigenvalue weighted by atomic mass is 9.93. The standard InChI is InChI=1S/C27H20N4O/c28-17-15-22-25(27(32)31-23(16-18-29)19-9-3-1-4-10-19)21-13-7-8-14-24(21)30-26(22)20-11-5-2-6-12-20/h1-14,23H,15-16H2,(H,31,32)/t23-/m0/s1. The number of amides is 1. The van der Waals surface area contributed by atoms with Gasteiger partial charge >= 0.3 is 0 Å². The summed E-state index contributed by atoms with van der Waals surface area (Å²) in [5, 5.41) is 22.6. The lowest BCUT2D eigenvalue weighted by Crippen LogP contribution is -2.29. The fourth-order valence-electron chi connectivity index (χ4n) is 3.86. The zero-order chi connectivity index (χ0) is 22.3. The van der Waals surface area contributed by atoms with Crippen molar-refractivity contribution < 1.29 is 4.79 Å². The number of hydrogen-bond donors (Lipinski definition) is 1. The van der Waals surface area contributed by atoms with Crippen LogP contribution in [0, 0.1) is 22.7 Å². The van der Waals surface area contributed by atoms with Crippen molar-refractivity contribution in [3.05, 3.63) is 102 Å². The summed E-state index contributed by atoms with van der Waals surface area (Å²) in [6.45, 7) is 0. The van der Waals surface area contributed by atoms with E-state index in [-0.39, 0.29) is 18.7 Å². The van der Waals surface area contributed by atoms with Gasteiger partial charge in [0, 0.05) is 16.5 Å². The number of nitrogens with zero attached hydrogens (tertiary/aromatic N) is 3. The van der Waals surface area contributed by atoms with Crippen LogP contribution in [0.15, 0.2) is 84.9 Å². The molecule has 1 atom stereocenters. The molecule has 1 N–H and O–H groups in total. The van der Waals surface area contributed by atoms with Gasteiger partial charge in [-0.05, 0) is 11.6 Å². The Kier molecular flexibility index (Phi) is 6.20. The van der Waals surface area contributed by atoms with Gasteiger partial charge in [0.2, 0.25) is 0 Å². The second kappa shape index (κ2) is 9.55. The van der Waals surface area contributed by atoms with Gasteiger partial charge in [0.15, 0.2) is 0 Å². The molecule has 154 valence electrons. The summed E-state index contributed by atoms with van der Waals surface area (Å²) in [6.07, 6.45) is 0.178. The fourth-order valence-corrected chi connectivity index (χ4v) is 3.86. The molecule has 0 saturated carbocycles. The first-order valence-electron chi connectivity index (χ1n) is 10.3. The minimum Gasteiger partial charge on any atom is -0.344 e. The van der Waals surface area contributed by atoms with Gasteiger partial charge in [-0.15, -0.1) is 0 Å². The fraction of sp³-hybridized carbons (Fsp3) is 0.111. The molecule has 4 rings (SSSR count). The summed E-state index contributed by atoms with van der Waals surface area (Å²) in [5.41, 5.74) is 4.00. The van der Waals surface area contributed by atoms with Crippen molar-refractivity contribution in [3.63, 3.8) is 0 Å². The van der Waals surface area contributed by atoms with E-state index in [4.69, 9.17) is 4.98 Å². The van der Waals surface area contributed by atoms with Crippen LogP contribution >= 0.6 is 0 Å². The van der Waals surface area contributed by atoms with Crippen LogP contribution in [0.1, 0.15) is 33.9 Å². The van der Waals surface area contributed by atoms with Gasteiger partial charge in [-0.2, -0.15) is 10.5 Å². The molecule has 32 heavy (non-hydrogen) atoms. The Morgan fingerprint density at radius 2 is 1.53 bits per heavy atom. The van der Waals surface area contributed by atoms with E-state index in [2.05, 4.69) is 17.5 Å². The molecule has 3 aromatic carbocycles. The molecule has 0 bridgehead atoms. The summed E-state index contributed by atoms with van der Waals surface area (Å²) in [7, 11) is 0. The first-order chi connectivity index (χ1) is 15.7. The molecule has 0 spiro atoms. The maximum atomic E-state index is 13.6. The number of benzene rings is 3. The Bertz CT molecular complexity index is 1340. The van der Waals surface area contributed by atoms with Crippen molar-refractivity contribution >= 4 is 16.8 Å². The van der Waals surface area contributed by atoms with Crippen molar-refractivity contribution in [1.29, 1.82) is 10.5 Å². The molecular weight excluding hydrogens is 396 g/mol. The summed E-state index contributed by atoms with van der Waals surface area (Å²) in [6, 6.07) is 30.3. The van der Waals surface area contributed by atoms with Gasteiger partial charge in [-0.25, -0.2) is 4.98 Å². The van der Waals surface area contributed by atoms with E-state index in [9.17, 15) is 15.3 Å². The van der Waals surface area contributed by atoms with Crippen LogP contribution in [0.2, 0.25) is 0 Å². The average molecular weight is 416 g/mol. The summed E-state index contributed by atoms with van der Waals surface area (Å²) >= 11 is 0. The second-order valence-electron chi connectivity index (χ2n) is 7.33. The monoisotopic (exact) mass is 416 g/mol. The molecule has 0 aliphatic rings. The predicted octanol–water partition coefficient (Wildman–Crippen LogP) is 5.35. The van der Waals surface area contributed by atoms with Crippen LogP contribution in [-0.4, -0.2) is 10.9 Å². The summed E-state index contributed by atoms with van der Waals surface area (Å²) in [5.74, 6) is -0.324. The molecule has 0 aliphatic heterocycles. The number of rotatable bonds is 6. The Hall–Kier alpha value is -4.48. The molecule has 0 saturated heterocycles. The van der Waals surface area contributed by atoms with E-state index in [1.807, 2.05) is 84.9 Å². The lowest BCUT2D eigenvalue weighted by molar-refractivity contribution is 0.0938. The second-order valence-corrected chi connectivity index (χ2v) is 7.33. The number of nitrogens with one attached hydrogen (secondary N) is 1. The average Bonchev–Trinajstić information content (AvgIpc) is 2.84. The zero-order valence-corrected chi connectivity index (χ0v) is 17.3. The van der Waals surface area contributed by atoms with E-state index in [1.54, 1.807) is 0 Å². The smallest absolute Gasteiger partial charge is 0.252 e. The Balaban J connectivity index is 1.88. The van der Waals surface area contributed by atoms with E-state index in [0.29, 0.717) is 27.7 Å². The largest absolute Gasteiger partial charge is 0.344 e. The molecular formula is C27H20N4O. The minimum atomic E-state index is -0.462. The highest BCUT2D eigenvalue weighted by molar-refractivity contribution is 6.09. The van der Waals surface area contributed by atoms with Gasteiger partial charge in [-0.1, -0.05) is 78.9 Å². The van der Waals surface area contributed by atoms with Crippen LogP contribution in [0.25, 0.3) is 22.2 Å². The maximum Gasteiger partial charge on any atom is 0.252 e. The number of para-hydroxylation sites is 1. The van der Waals surface area contributed by atoms with E-state index in [1.165, 1.54) is 0 Å². The van der Waals surface area contributed by atoms with Crippen LogP contribution in [0.3, 0.4) is 0 Å². The SMILES string of the molecule is N#CCc1c(-c2ccccc2)nc2ccccc2c1C(=O)N[C@@H](CC#N)c1ccccc1. The van der Waals surface area contributed by atoms with Gasteiger partial charge in [0.1, 0.15) is 0 Å². The Labute approximate surface area is 186 Å². The number of aromatic nitrogens is 1. The first kappa shape index (κ1) is 20.8. The molecule has 1 heterocycles. The van der Waals surface area contributed by atoms with Crippen LogP contribution in [0.5, 0.6) is 0 Å². The molecule has 0 radical (unpaired) electrons. The highest BCUT2D eigenvalue weighted by Crippen LogP contribution is 2.31. The third kappa shape index (κ3) is 4.19. The highest BCUT2D eigenvalue weighted by atomic mass is 16.1. The van der Waals surface area contributed by atoms with Crippen LogP contribution in [0.4, 0.5) is 0 Å². The molecule has 0 fully saturated rings. The molecule has 0 aliphatic carbocycles. The molecule has 4 aromatic rings. The number of hydrogen-bond acceptors (Lipinski definition) is 4. The first-order valence-corrected chi connectivity index (χ1v) is 10.3. The van der Waals surface area contributed by atoms with Gasteiger partial charge in [-0.3, -0.25) is 4.79 Å². The van der Waals surface area contributed by atoms with Crippen molar-refractivity contribution in [1.82, 2.24) is 10.3 Å². The maximum absolute atomic E-state index is 13.6. The van der Waals surface area contributed by atoms with E-state index >= 15 is 0 Å². The Morgan fingerprint density at radius 1 is 0.875 bits per heavy atom. The minimum absolute atomic E-state index is 0.0407. The molecule has 1 aromatic heterocycles. The molecule has 5 nitrogen and oxygen atoms in total. The summed E-state index contributed by atoms with van der Waals surface area (Å²) in [4.78, 5) is 18.4. The van der Waals surface area contributed by atoms with Crippen molar-refractivity contribution in [2.24, 2.45) is 0 Å². The third-order valence-electron chi connectivity index (χ3n) is 5.33. The van der Waals surface area contributed by atoms with Crippen molar-refractivity contribution in [2.45, 2.75) is 18.9 Å². The van der Waals surface area contributed by atoms with Gasteiger partial charge < -0.3 is 5.32 Å². The van der Waals surface area contributed by atoms with Crippen LogP contribution in [-0.2, 0) is 6.42 Å². The van der Waals surface area contributed by atoms with Crippen LogP contribution < -0.4 is 5.32 Å². The molecule has 0 unspecified atom stereocenters. The zero-order valence-electron chi connectivity index (χ0n) is 17.3. The number of carbonyl (C=O) groups is 1. The third-order valence-corrected chi connectivity index (χ3v) is 5.33. The highest BCUT2D eigenvalue weighted by Gasteiger charge is 2.24. The predicted molar refractivity (Wildman–Crippen MR) is 123 cm³/mol. The van der Waals surface area contributed by atoms with Gasteiger partial charge in [0.25, 0.3) is 5.91 Å². The normalized spacial score (nSPS) is 11.3. The Morgan fingerprint density at radius 3 is 2.22 bits per heavy atom. The number of carbonyl (C=O) groups excluding carboxylic acids is 1. The quantitative estimate of drug-likeness (QED) is 0.459. The number of pyridine rings is 1. The molecule has 1 amide bonds. The molecule has 5 heteroatoms. The van der Waals surface area contributed by atoms with Crippen molar-refractivity contribution in [3.8, 4) is 23.4 Å². The van der Waals surface area contributed by atoms with Gasteiger partial charge in [0.05, 0.1) is 47.8 Å². The van der Waals surface area contributed by atoms with Crippen molar-refractivity contribution in [2.75, 3.05) is 0 Å². The summed E-state index contributed by atoms with van der Waals surface area (Å²) < 4.78 is 0. The van der Waals surface area contributed by atoms with E-state index < -0.39 is 6.04 Å². The van der Waals surface area contributed by atoms with E-state index in [0.717, 1.165) is 11.1 Å². The number of nitriles is 2. The topological polar surface area (TPSA) is 89.6 Å². The number of fused-ring (bicyclic) bond motifs is 1. The lowest BCUT2D eigenvalue weighted by Gasteiger charge is -2.20.